The third-order valence-corrected chi connectivity index (χ3v) is 2.50. The van der Waals surface area contributed by atoms with Crippen LogP contribution < -0.4 is 0 Å². The smallest absolute Gasteiger partial charge is 0.247 e. The summed E-state index contributed by atoms with van der Waals surface area (Å²) in [6, 6.07) is 9.14. The van der Waals surface area contributed by atoms with Gasteiger partial charge in [0.1, 0.15) is 0 Å². The molecule has 0 atom stereocenters. The van der Waals surface area contributed by atoms with E-state index in [4.69, 9.17) is 21.3 Å². The lowest BCUT2D eigenvalue weighted by atomic mass is 10.1. The Balaban J connectivity index is 2.21. The third kappa shape index (κ3) is 2.83. The van der Waals surface area contributed by atoms with Crippen molar-refractivity contribution in [1.82, 2.24) is 10.2 Å². The number of hydrogen-bond donors (Lipinski definition) is 0. The molecule has 0 spiro atoms. The maximum atomic E-state index is 8.80. The fourth-order valence-electron chi connectivity index (χ4n) is 1.41. The monoisotopic (exact) mass is 247 g/mol. The lowest BCUT2D eigenvalue weighted by molar-refractivity contribution is 0.502. The first-order valence-corrected chi connectivity index (χ1v) is 5.76. The van der Waals surface area contributed by atoms with E-state index in [1.54, 1.807) is 18.2 Å². The van der Waals surface area contributed by atoms with Crippen molar-refractivity contribution in [3.8, 4) is 17.5 Å². The highest BCUT2D eigenvalue weighted by molar-refractivity contribution is 6.17. The first-order valence-electron chi connectivity index (χ1n) is 5.22. The molecule has 4 nitrogen and oxygen atoms in total. The molecule has 2 aromatic rings. The second kappa shape index (κ2) is 5.46. The number of nitriles is 1. The largest absolute Gasteiger partial charge is 0.421 e. The minimum Gasteiger partial charge on any atom is -0.421 e. The molecule has 5 heteroatoms. The molecule has 0 aliphatic rings. The molecule has 0 radical (unpaired) electrons. The summed E-state index contributed by atoms with van der Waals surface area (Å²) >= 11 is 5.59. The zero-order valence-electron chi connectivity index (χ0n) is 9.06. The second-order valence-electron chi connectivity index (χ2n) is 3.49. The van der Waals surface area contributed by atoms with E-state index in [0.29, 0.717) is 29.6 Å². The van der Waals surface area contributed by atoms with Gasteiger partial charge in [0.15, 0.2) is 0 Å². The summed E-state index contributed by atoms with van der Waals surface area (Å²) in [7, 11) is 0. The first kappa shape index (κ1) is 11.6. The lowest BCUT2D eigenvalue weighted by Crippen LogP contribution is -1.85. The number of benzene rings is 1. The maximum Gasteiger partial charge on any atom is 0.247 e. The van der Waals surface area contributed by atoms with E-state index in [0.717, 1.165) is 12.0 Å². The van der Waals surface area contributed by atoms with Crippen LogP contribution in [0.4, 0.5) is 0 Å². The molecule has 0 unspecified atom stereocenters. The summed E-state index contributed by atoms with van der Waals surface area (Å²) in [5.74, 6) is 1.58. The minimum atomic E-state index is 0.437. The van der Waals surface area contributed by atoms with Crippen molar-refractivity contribution < 1.29 is 4.42 Å². The van der Waals surface area contributed by atoms with Crippen LogP contribution in [0.15, 0.2) is 28.7 Å². The molecule has 2 rings (SSSR count). The van der Waals surface area contributed by atoms with Gasteiger partial charge in [-0.1, -0.05) is 6.07 Å². The predicted octanol–water partition coefficient (Wildman–Crippen LogP) is 2.78. The summed E-state index contributed by atoms with van der Waals surface area (Å²) < 4.78 is 5.48. The highest BCUT2D eigenvalue weighted by Gasteiger charge is 2.08. The molecule has 0 saturated carbocycles. The number of aromatic nitrogens is 2. The summed E-state index contributed by atoms with van der Waals surface area (Å²) in [4.78, 5) is 0. The van der Waals surface area contributed by atoms with Crippen molar-refractivity contribution in [1.29, 1.82) is 5.26 Å². The van der Waals surface area contributed by atoms with Gasteiger partial charge in [-0.3, -0.25) is 0 Å². The average molecular weight is 248 g/mol. The number of halogens is 1. The van der Waals surface area contributed by atoms with Crippen LogP contribution >= 0.6 is 11.6 Å². The van der Waals surface area contributed by atoms with Crippen molar-refractivity contribution >= 4 is 11.6 Å². The van der Waals surface area contributed by atoms with Gasteiger partial charge in [-0.05, 0) is 24.6 Å². The normalized spacial score (nSPS) is 10.1. The molecule has 1 aromatic heterocycles. The number of nitrogens with zero attached hydrogens (tertiary/aromatic N) is 3. The van der Waals surface area contributed by atoms with E-state index in [2.05, 4.69) is 16.3 Å². The van der Waals surface area contributed by atoms with Gasteiger partial charge in [-0.25, -0.2) is 0 Å². The zero-order valence-corrected chi connectivity index (χ0v) is 9.81. The fourth-order valence-corrected chi connectivity index (χ4v) is 1.54. The van der Waals surface area contributed by atoms with Crippen molar-refractivity contribution in [2.75, 3.05) is 5.88 Å². The summed E-state index contributed by atoms with van der Waals surface area (Å²) in [5, 5.41) is 16.7. The second-order valence-corrected chi connectivity index (χ2v) is 3.86. The van der Waals surface area contributed by atoms with Crippen LogP contribution in [-0.2, 0) is 6.42 Å². The van der Waals surface area contributed by atoms with Gasteiger partial charge < -0.3 is 4.42 Å². The van der Waals surface area contributed by atoms with Crippen LogP contribution in [-0.4, -0.2) is 16.1 Å². The van der Waals surface area contributed by atoms with Gasteiger partial charge in [0, 0.05) is 17.9 Å². The minimum absolute atomic E-state index is 0.437. The first-order chi connectivity index (χ1) is 8.33. The molecule has 86 valence electrons. The Labute approximate surface area is 104 Å². The standard InChI is InChI=1S/C12H10ClN3O/c13-6-2-5-11-15-16-12(17-11)10-4-1-3-9(7-10)8-14/h1,3-4,7H,2,5-6H2. The molecule has 1 aromatic carbocycles. The quantitative estimate of drug-likeness (QED) is 0.780. The van der Waals surface area contributed by atoms with Crippen molar-refractivity contribution in [2.45, 2.75) is 12.8 Å². The molecule has 0 saturated heterocycles. The Morgan fingerprint density at radius 3 is 3.00 bits per heavy atom. The van der Waals surface area contributed by atoms with Crippen molar-refractivity contribution in [2.24, 2.45) is 0 Å². The topological polar surface area (TPSA) is 62.7 Å². The number of aryl methyl sites for hydroxylation is 1. The van der Waals surface area contributed by atoms with Gasteiger partial charge in [-0.15, -0.1) is 21.8 Å². The van der Waals surface area contributed by atoms with Crippen LogP contribution in [0.3, 0.4) is 0 Å². The van der Waals surface area contributed by atoms with Crippen LogP contribution in [0.5, 0.6) is 0 Å². The van der Waals surface area contributed by atoms with Gasteiger partial charge in [0.05, 0.1) is 11.6 Å². The van der Waals surface area contributed by atoms with Gasteiger partial charge >= 0.3 is 0 Å². The molecule has 0 amide bonds. The van der Waals surface area contributed by atoms with E-state index in [1.807, 2.05) is 6.07 Å². The van der Waals surface area contributed by atoms with Gasteiger partial charge in [0.25, 0.3) is 0 Å². The number of alkyl halides is 1. The third-order valence-electron chi connectivity index (χ3n) is 2.23. The fraction of sp³-hybridized carbons (Fsp3) is 0.250. The van der Waals surface area contributed by atoms with Crippen LogP contribution in [0.2, 0.25) is 0 Å². The zero-order chi connectivity index (χ0) is 12.1. The SMILES string of the molecule is N#Cc1cccc(-c2nnc(CCCCl)o2)c1. The summed E-state index contributed by atoms with van der Waals surface area (Å²) in [6.07, 6.45) is 1.48. The molecule has 17 heavy (non-hydrogen) atoms. The van der Waals surface area contributed by atoms with Crippen LogP contribution in [0.1, 0.15) is 17.9 Å². The van der Waals surface area contributed by atoms with Gasteiger partial charge in [-0.2, -0.15) is 5.26 Å². The highest BCUT2D eigenvalue weighted by Crippen LogP contribution is 2.19. The molecule has 0 bridgehead atoms. The highest BCUT2D eigenvalue weighted by atomic mass is 35.5. The van der Waals surface area contributed by atoms with E-state index in [1.165, 1.54) is 0 Å². The molecule has 0 aliphatic heterocycles. The van der Waals surface area contributed by atoms with Crippen molar-refractivity contribution in [3.05, 3.63) is 35.7 Å². The molecule has 0 N–H and O–H groups in total. The van der Waals surface area contributed by atoms with E-state index in [-0.39, 0.29) is 0 Å². The van der Waals surface area contributed by atoms with Crippen molar-refractivity contribution in [3.63, 3.8) is 0 Å². The van der Waals surface area contributed by atoms with E-state index >= 15 is 0 Å². The Kier molecular flexibility index (Phi) is 3.73. The van der Waals surface area contributed by atoms with E-state index < -0.39 is 0 Å². The van der Waals surface area contributed by atoms with Crippen LogP contribution in [0, 0.1) is 11.3 Å². The molecule has 1 heterocycles. The Hall–Kier alpha value is -1.86. The summed E-state index contributed by atoms with van der Waals surface area (Å²) in [5.41, 5.74) is 1.33. The summed E-state index contributed by atoms with van der Waals surface area (Å²) in [6.45, 7) is 0. The maximum absolute atomic E-state index is 8.80. The molecular formula is C12H10ClN3O. The lowest BCUT2D eigenvalue weighted by Gasteiger charge is -1.94. The Morgan fingerprint density at radius 2 is 2.24 bits per heavy atom. The predicted molar refractivity (Wildman–Crippen MR) is 63.5 cm³/mol. The average Bonchev–Trinajstić information content (AvgIpc) is 2.85. The molecule has 0 fully saturated rings. The van der Waals surface area contributed by atoms with Gasteiger partial charge in [0.2, 0.25) is 11.8 Å². The van der Waals surface area contributed by atoms with E-state index in [9.17, 15) is 0 Å². The Morgan fingerprint density at radius 1 is 1.35 bits per heavy atom. The number of hydrogen-bond acceptors (Lipinski definition) is 4. The van der Waals surface area contributed by atoms with Crippen LogP contribution in [0.25, 0.3) is 11.5 Å². The molecule has 0 aliphatic carbocycles. The Bertz CT molecular complexity index is 545. The number of rotatable bonds is 4. The molecular weight excluding hydrogens is 238 g/mol.